The fourth-order valence-corrected chi connectivity index (χ4v) is 4.74. The van der Waals surface area contributed by atoms with Gasteiger partial charge >= 0.3 is 0 Å². The average Bonchev–Trinajstić information content (AvgIpc) is 3.66. The standard InChI is InChI=1S/C26H22N8O2/c1-2-24(35)31-18-10-17(12-27-13-18)26(36)33-9-6-16(15-33)22-11-20-19(5-8-28-25(20)32-22)21-14-30-34-23(21)4-3-7-29-34/h2-5,7-8,10-14,16H,1,6,9,15H2,(H,28,32)(H,31,35). The molecule has 2 amide bonds. The van der Waals surface area contributed by atoms with Gasteiger partial charge in [-0.15, -0.1) is 0 Å². The summed E-state index contributed by atoms with van der Waals surface area (Å²) in [4.78, 5) is 38.7. The molecule has 0 aliphatic carbocycles. The van der Waals surface area contributed by atoms with Crippen molar-refractivity contribution < 1.29 is 9.59 Å². The zero-order valence-corrected chi connectivity index (χ0v) is 19.3. The van der Waals surface area contributed by atoms with Gasteiger partial charge in [0.2, 0.25) is 5.91 Å². The fraction of sp³-hybridized carbons (Fsp3) is 0.154. The van der Waals surface area contributed by atoms with Crippen LogP contribution in [0, 0.1) is 0 Å². The topological polar surface area (TPSA) is 121 Å². The Morgan fingerprint density at radius 2 is 2.03 bits per heavy atom. The van der Waals surface area contributed by atoms with Gasteiger partial charge in [-0.1, -0.05) is 6.58 Å². The largest absolute Gasteiger partial charge is 0.343 e. The number of pyridine rings is 2. The monoisotopic (exact) mass is 478 g/mol. The smallest absolute Gasteiger partial charge is 0.255 e. The second-order valence-corrected chi connectivity index (χ2v) is 8.69. The number of carbonyl (C=O) groups is 2. The van der Waals surface area contributed by atoms with E-state index in [1.54, 1.807) is 23.1 Å². The van der Waals surface area contributed by atoms with Gasteiger partial charge in [0.1, 0.15) is 5.65 Å². The molecular formula is C26H22N8O2. The van der Waals surface area contributed by atoms with Crippen LogP contribution < -0.4 is 5.32 Å². The maximum absolute atomic E-state index is 13.2. The molecule has 10 nitrogen and oxygen atoms in total. The highest BCUT2D eigenvalue weighted by atomic mass is 16.2. The van der Waals surface area contributed by atoms with Crippen molar-refractivity contribution in [2.45, 2.75) is 12.3 Å². The van der Waals surface area contributed by atoms with Gasteiger partial charge in [-0.05, 0) is 48.4 Å². The zero-order chi connectivity index (χ0) is 24.6. The van der Waals surface area contributed by atoms with Gasteiger partial charge in [-0.3, -0.25) is 14.6 Å². The maximum Gasteiger partial charge on any atom is 0.255 e. The molecule has 6 heterocycles. The molecule has 0 bridgehead atoms. The first-order valence-electron chi connectivity index (χ1n) is 11.6. The van der Waals surface area contributed by atoms with Crippen molar-refractivity contribution in [3.63, 3.8) is 0 Å². The highest BCUT2D eigenvalue weighted by molar-refractivity contribution is 6.01. The number of likely N-dealkylation sites (tertiary alicyclic amines) is 1. The van der Waals surface area contributed by atoms with Crippen LogP contribution in [0.5, 0.6) is 0 Å². The van der Waals surface area contributed by atoms with Crippen LogP contribution in [0.3, 0.4) is 0 Å². The molecule has 0 aromatic carbocycles. The van der Waals surface area contributed by atoms with E-state index in [9.17, 15) is 9.59 Å². The molecule has 1 aliphatic heterocycles. The molecule has 178 valence electrons. The lowest BCUT2D eigenvalue weighted by molar-refractivity contribution is -0.111. The first-order chi connectivity index (χ1) is 17.6. The van der Waals surface area contributed by atoms with Crippen LogP contribution in [0.2, 0.25) is 0 Å². The minimum Gasteiger partial charge on any atom is -0.343 e. The molecule has 1 atom stereocenters. The van der Waals surface area contributed by atoms with Crippen LogP contribution >= 0.6 is 0 Å². The molecule has 5 aromatic rings. The van der Waals surface area contributed by atoms with E-state index in [4.69, 9.17) is 0 Å². The highest BCUT2D eigenvalue weighted by Crippen LogP contribution is 2.35. The maximum atomic E-state index is 13.2. The van der Waals surface area contributed by atoms with E-state index in [1.165, 1.54) is 18.5 Å². The minimum absolute atomic E-state index is 0.117. The number of anilines is 1. The molecule has 0 saturated carbocycles. The molecule has 1 unspecified atom stereocenters. The molecule has 5 aromatic heterocycles. The van der Waals surface area contributed by atoms with E-state index < -0.39 is 0 Å². The Bertz CT molecular complexity index is 1640. The predicted molar refractivity (Wildman–Crippen MR) is 134 cm³/mol. The molecule has 6 rings (SSSR count). The predicted octanol–water partition coefficient (Wildman–Crippen LogP) is 3.42. The third-order valence-electron chi connectivity index (χ3n) is 6.50. The average molecular weight is 479 g/mol. The number of hydrogen-bond donors (Lipinski definition) is 2. The Morgan fingerprint density at radius 1 is 1.11 bits per heavy atom. The van der Waals surface area contributed by atoms with Crippen molar-refractivity contribution in [2.24, 2.45) is 0 Å². The van der Waals surface area contributed by atoms with Crippen LogP contribution in [-0.2, 0) is 4.79 Å². The summed E-state index contributed by atoms with van der Waals surface area (Å²) >= 11 is 0. The van der Waals surface area contributed by atoms with Crippen LogP contribution in [0.25, 0.3) is 27.7 Å². The quantitative estimate of drug-likeness (QED) is 0.374. The Hall–Kier alpha value is -4.86. The first-order valence-corrected chi connectivity index (χ1v) is 11.6. The summed E-state index contributed by atoms with van der Waals surface area (Å²) in [6.45, 7) is 4.64. The number of H-pyrrole nitrogens is 1. The van der Waals surface area contributed by atoms with E-state index in [1.807, 2.05) is 29.3 Å². The second-order valence-electron chi connectivity index (χ2n) is 8.69. The number of aromatic nitrogens is 6. The number of hydrogen-bond acceptors (Lipinski definition) is 6. The van der Waals surface area contributed by atoms with Gasteiger partial charge in [0.25, 0.3) is 5.91 Å². The lowest BCUT2D eigenvalue weighted by Crippen LogP contribution is -2.28. The molecule has 1 saturated heterocycles. The Kier molecular flexibility index (Phi) is 5.25. The number of fused-ring (bicyclic) bond motifs is 2. The minimum atomic E-state index is -0.352. The number of aromatic amines is 1. The van der Waals surface area contributed by atoms with Gasteiger partial charge < -0.3 is 15.2 Å². The number of carbonyl (C=O) groups excluding carboxylic acids is 2. The van der Waals surface area contributed by atoms with E-state index in [-0.39, 0.29) is 17.7 Å². The van der Waals surface area contributed by atoms with Crippen molar-refractivity contribution in [3.8, 4) is 11.1 Å². The summed E-state index contributed by atoms with van der Waals surface area (Å²) < 4.78 is 1.61. The molecule has 2 N–H and O–H groups in total. The van der Waals surface area contributed by atoms with Crippen molar-refractivity contribution >= 4 is 34.1 Å². The van der Waals surface area contributed by atoms with E-state index in [0.717, 1.165) is 39.8 Å². The van der Waals surface area contributed by atoms with Crippen LogP contribution in [-0.4, -0.2) is 59.6 Å². The van der Waals surface area contributed by atoms with E-state index >= 15 is 0 Å². The van der Waals surface area contributed by atoms with Crippen LogP contribution in [0.1, 0.15) is 28.4 Å². The van der Waals surface area contributed by atoms with Gasteiger partial charge in [-0.2, -0.15) is 14.8 Å². The summed E-state index contributed by atoms with van der Waals surface area (Å²) in [7, 11) is 0. The van der Waals surface area contributed by atoms with Gasteiger partial charge in [0.15, 0.2) is 0 Å². The summed E-state index contributed by atoms with van der Waals surface area (Å²) in [5, 5.41) is 12.3. The zero-order valence-electron chi connectivity index (χ0n) is 19.3. The summed E-state index contributed by atoms with van der Waals surface area (Å²) in [5.41, 5.74) is 5.66. The number of nitrogens with one attached hydrogen (secondary N) is 2. The molecule has 0 radical (unpaired) electrons. The molecule has 10 heteroatoms. The number of nitrogens with zero attached hydrogens (tertiary/aromatic N) is 6. The van der Waals surface area contributed by atoms with Crippen molar-refractivity contribution in [1.29, 1.82) is 0 Å². The lowest BCUT2D eigenvalue weighted by Gasteiger charge is -2.16. The molecule has 1 fully saturated rings. The van der Waals surface area contributed by atoms with Gasteiger partial charge in [0, 0.05) is 54.2 Å². The van der Waals surface area contributed by atoms with Crippen molar-refractivity contribution in [2.75, 3.05) is 18.4 Å². The molecule has 0 spiro atoms. The van der Waals surface area contributed by atoms with Gasteiger partial charge in [0.05, 0.1) is 29.2 Å². The van der Waals surface area contributed by atoms with Crippen LogP contribution in [0.4, 0.5) is 5.69 Å². The summed E-state index contributed by atoms with van der Waals surface area (Å²) in [6, 6.07) is 9.63. The SMILES string of the molecule is C=CC(=O)Nc1cncc(C(=O)N2CCC(c3cc4c(-c5cnn6ncccc56)ccnc4[nH]3)C2)c1. The van der Waals surface area contributed by atoms with Crippen molar-refractivity contribution in [1.82, 2.24) is 34.7 Å². The third-order valence-corrected chi connectivity index (χ3v) is 6.50. The Labute approximate surface area is 205 Å². The van der Waals surface area contributed by atoms with E-state index in [2.05, 4.69) is 43.1 Å². The lowest BCUT2D eigenvalue weighted by atomic mass is 10.0. The fourth-order valence-electron chi connectivity index (χ4n) is 4.74. The highest BCUT2D eigenvalue weighted by Gasteiger charge is 2.30. The van der Waals surface area contributed by atoms with Crippen LogP contribution in [0.15, 0.2) is 74.0 Å². The number of rotatable bonds is 5. The normalized spacial score (nSPS) is 15.4. The Balaban J connectivity index is 1.25. The molecule has 36 heavy (non-hydrogen) atoms. The van der Waals surface area contributed by atoms with Gasteiger partial charge in [-0.25, -0.2) is 4.98 Å². The summed E-state index contributed by atoms with van der Waals surface area (Å²) in [5.74, 6) is -0.318. The third kappa shape index (κ3) is 3.78. The first kappa shape index (κ1) is 21.7. The summed E-state index contributed by atoms with van der Waals surface area (Å²) in [6.07, 6.45) is 10.3. The van der Waals surface area contributed by atoms with Crippen molar-refractivity contribution in [3.05, 3.63) is 85.2 Å². The second kappa shape index (κ2) is 8.73. The number of amides is 2. The Morgan fingerprint density at radius 3 is 2.92 bits per heavy atom. The molecule has 1 aliphatic rings. The van der Waals surface area contributed by atoms with E-state index in [0.29, 0.717) is 24.3 Å². The molecular weight excluding hydrogens is 456 g/mol.